The van der Waals surface area contributed by atoms with Crippen molar-refractivity contribution in [3.63, 3.8) is 0 Å². The Bertz CT molecular complexity index is 1110. The van der Waals surface area contributed by atoms with Crippen LogP contribution in [-0.2, 0) is 23.8 Å². The van der Waals surface area contributed by atoms with Gasteiger partial charge in [0, 0.05) is 19.3 Å². The minimum absolute atomic E-state index is 0.00348. The van der Waals surface area contributed by atoms with Crippen LogP contribution in [0.2, 0.25) is 18.1 Å². The highest BCUT2D eigenvalue weighted by atomic mass is 35.5. The highest BCUT2D eigenvalue weighted by Gasteiger charge is 2.50. The molecule has 0 bridgehead atoms. The number of alkyl halides is 1. The molecule has 0 fully saturated rings. The summed E-state index contributed by atoms with van der Waals surface area (Å²) in [4.78, 5) is 12.7. The number of esters is 1. The molecule has 0 spiro atoms. The van der Waals surface area contributed by atoms with Gasteiger partial charge in [-0.3, -0.25) is 4.79 Å². The molecule has 1 aromatic carbocycles. The number of carbonyl (C=O) groups excluding carboxylic acids is 1. The Kier molecular flexibility index (Phi) is 9.58. The van der Waals surface area contributed by atoms with Gasteiger partial charge in [-0.2, -0.15) is 0 Å². The van der Waals surface area contributed by atoms with Crippen molar-refractivity contribution in [2.45, 2.75) is 88.2 Å². The highest BCUT2D eigenvalue weighted by molar-refractivity contribution is 8.14. The van der Waals surface area contributed by atoms with Crippen molar-refractivity contribution in [3.05, 3.63) is 41.3 Å². The van der Waals surface area contributed by atoms with Crippen molar-refractivity contribution in [1.29, 1.82) is 0 Å². The standard InChI is InChI=1S/C26H39ClNO5S2Si/c1-7-32-25(29)18-34-24-14-13-19(17-27)28(24)22-15-20(33-36(5,6)26(2,3)4)16-23(22)35(30,31)21-11-9-8-10-12-21/h8-12,16,19-20,22H,7,13-15,17-18H2,1-6H3/q+1/t19-,20+,22-/m0/s1. The van der Waals surface area contributed by atoms with Crippen LogP contribution in [0.25, 0.3) is 0 Å². The summed E-state index contributed by atoms with van der Waals surface area (Å²) in [5, 5.41) is 0.983. The van der Waals surface area contributed by atoms with E-state index in [9.17, 15) is 13.2 Å². The molecule has 0 saturated heterocycles. The third kappa shape index (κ3) is 6.46. The van der Waals surface area contributed by atoms with E-state index in [-0.39, 0.29) is 33.8 Å². The van der Waals surface area contributed by atoms with Crippen LogP contribution >= 0.6 is 23.4 Å². The number of benzene rings is 1. The molecule has 200 valence electrons. The summed E-state index contributed by atoms with van der Waals surface area (Å²) in [6, 6.07) is 8.15. The van der Waals surface area contributed by atoms with Gasteiger partial charge in [-0.25, -0.2) is 13.0 Å². The number of nitrogens with zero attached hydrogens (tertiary/aromatic N) is 1. The number of halogens is 1. The van der Waals surface area contributed by atoms with Crippen LogP contribution in [0.15, 0.2) is 46.2 Å². The zero-order chi connectivity index (χ0) is 26.7. The first-order valence-electron chi connectivity index (χ1n) is 12.5. The van der Waals surface area contributed by atoms with Crippen molar-refractivity contribution in [2.24, 2.45) is 0 Å². The topological polar surface area (TPSA) is 72.7 Å². The van der Waals surface area contributed by atoms with E-state index in [0.29, 0.717) is 23.8 Å². The molecule has 0 amide bonds. The average molecular weight is 573 g/mol. The third-order valence-corrected chi connectivity index (χ3v) is 15.2. The number of sulfone groups is 1. The van der Waals surface area contributed by atoms with Crippen molar-refractivity contribution in [1.82, 2.24) is 0 Å². The molecule has 3 rings (SSSR count). The first-order chi connectivity index (χ1) is 16.8. The second-order valence-electron chi connectivity index (χ2n) is 10.8. The summed E-state index contributed by atoms with van der Waals surface area (Å²) in [6.45, 7) is 13.0. The number of carbonyl (C=O) groups is 1. The fourth-order valence-corrected chi connectivity index (χ4v) is 8.74. The number of ether oxygens (including phenoxy) is 1. The highest BCUT2D eigenvalue weighted by Crippen LogP contribution is 2.42. The molecule has 1 aliphatic heterocycles. The normalized spacial score (nSPS) is 23.2. The van der Waals surface area contributed by atoms with Crippen LogP contribution in [0.1, 0.15) is 47.0 Å². The number of hydrogen-bond donors (Lipinski definition) is 0. The van der Waals surface area contributed by atoms with Crippen molar-refractivity contribution in [3.8, 4) is 0 Å². The molecule has 0 unspecified atom stereocenters. The van der Waals surface area contributed by atoms with Crippen LogP contribution in [0.3, 0.4) is 0 Å². The van der Waals surface area contributed by atoms with Gasteiger partial charge in [-0.1, -0.05) is 50.7 Å². The fraction of sp³-hybridized carbons (Fsp3) is 0.615. The van der Waals surface area contributed by atoms with Gasteiger partial charge in [0.15, 0.2) is 20.4 Å². The predicted molar refractivity (Wildman–Crippen MR) is 150 cm³/mol. The molecule has 0 saturated carbocycles. The van der Waals surface area contributed by atoms with Crippen LogP contribution < -0.4 is 0 Å². The molecule has 6 nitrogen and oxygen atoms in total. The van der Waals surface area contributed by atoms with E-state index in [1.165, 1.54) is 11.8 Å². The monoisotopic (exact) mass is 572 g/mol. The van der Waals surface area contributed by atoms with E-state index in [1.807, 2.05) is 12.1 Å². The maximum Gasteiger partial charge on any atom is 0.316 e. The van der Waals surface area contributed by atoms with Crippen LogP contribution in [-0.4, -0.2) is 68.8 Å². The molecule has 2 aliphatic rings. The second kappa shape index (κ2) is 11.7. The summed E-state index contributed by atoms with van der Waals surface area (Å²) >= 11 is 7.82. The molecule has 0 N–H and O–H groups in total. The van der Waals surface area contributed by atoms with E-state index in [1.54, 1.807) is 31.2 Å². The molecule has 1 heterocycles. The minimum atomic E-state index is -3.75. The Morgan fingerprint density at radius 3 is 2.47 bits per heavy atom. The lowest BCUT2D eigenvalue weighted by Gasteiger charge is -2.38. The lowest BCUT2D eigenvalue weighted by molar-refractivity contribution is -0.577. The average Bonchev–Trinajstić information content (AvgIpc) is 3.41. The van der Waals surface area contributed by atoms with Gasteiger partial charge in [0.05, 0.1) is 23.5 Å². The van der Waals surface area contributed by atoms with Crippen molar-refractivity contribution >= 4 is 52.5 Å². The minimum Gasteiger partial charge on any atom is -0.465 e. The second-order valence-corrected chi connectivity index (χ2v) is 18.9. The largest absolute Gasteiger partial charge is 0.465 e. The quantitative estimate of drug-likeness (QED) is 0.166. The SMILES string of the molecule is CCOC(=O)CSC1=[N+]([C@H]2C[C@@H](O[Si](C)(C)C(C)(C)C)C=C2S(=O)(=O)c2ccccc2)[C@H](CCl)CC1. The molecule has 0 radical (unpaired) electrons. The van der Waals surface area contributed by atoms with Gasteiger partial charge >= 0.3 is 5.97 Å². The van der Waals surface area contributed by atoms with Gasteiger partial charge < -0.3 is 9.16 Å². The number of rotatable bonds is 9. The van der Waals surface area contributed by atoms with Gasteiger partial charge in [0.25, 0.3) is 0 Å². The smallest absolute Gasteiger partial charge is 0.316 e. The van der Waals surface area contributed by atoms with Crippen LogP contribution in [0.4, 0.5) is 0 Å². The van der Waals surface area contributed by atoms with Gasteiger partial charge in [0.1, 0.15) is 10.7 Å². The molecular formula is C26H39ClNO5S2Si+. The fourth-order valence-electron chi connectivity index (χ4n) is 4.42. The summed E-state index contributed by atoms with van der Waals surface area (Å²) in [7, 11) is -5.89. The maximum absolute atomic E-state index is 13.9. The Morgan fingerprint density at radius 2 is 1.89 bits per heavy atom. The summed E-state index contributed by atoms with van der Waals surface area (Å²) in [5.41, 5.74) is 0. The van der Waals surface area contributed by atoms with Crippen LogP contribution in [0, 0.1) is 0 Å². The van der Waals surface area contributed by atoms with E-state index in [4.69, 9.17) is 20.8 Å². The van der Waals surface area contributed by atoms with E-state index < -0.39 is 24.2 Å². The summed E-state index contributed by atoms with van der Waals surface area (Å²) in [6.07, 6.45) is 3.62. The molecule has 1 aromatic rings. The predicted octanol–water partition coefficient (Wildman–Crippen LogP) is 5.62. The maximum atomic E-state index is 13.9. The Labute approximate surface area is 226 Å². The first-order valence-corrected chi connectivity index (χ1v) is 18.4. The van der Waals surface area contributed by atoms with Crippen molar-refractivity contribution < 1.29 is 27.0 Å². The van der Waals surface area contributed by atoms with Crippen molar-refractivity contribution in [2.75, 3.05) is 18.2 Å². The van der Waals surface area contributed by atoms with Gasteiger partial charge in [-0.15, -0.1) is 11.6 Å². The van der Waals surface area contributed by atoms with Gasteiger partial charge in [-0.05, 0) is 43.3 Å². The Morgan fingerprint density at radius 1 is 1.22 bits per heavy atom. The zero-order valence-corrected chi connectivity index (χ0v) is 25.5. The number of hydrogen-bond acceptors (Lipinski definition) is 6. The van der Waals surface area contributed by atoms with E-state index in [2.05, 4.69) is 38.4 Å². The van der Waals surface area contributed by atoms with E-state index in [0.717, 1.165) is 17.9 Å². The molecular weight excluding hydrogens is 534 g/mol. The number of thioether (sulfide) groups is 1. The summed E-state index contributed by atoms with van der Waals surface area (Å²) in [5.74, 6) is 0.296. The molecule has 3 atom stereocenters. The summed E-state index contributed by atoms with van der Waals surface area (Å²) < 4.78 is 41.8. The molecule has 10 heteroatoms. The molecule has 1 aliphatic carbocycles. The lowest BCUT2D eigenvalue weighted by Crippen LogP contribution is -2.44. The third-order valence-electron chi connectivity index (χ3n) is 7.30. The molecule has 0 aromatic heterocycles. The van der Waals surface area contributed by atoms with Crippen LogP contribution in [0.5, 0.6) is 0 Å². The Hall–Kier alpha value is -1.13. The molecule has 36 heavy (non-hydrogen) atoms. The zero-order valence-electron chi connectivity index (χ0n) is 22.1. The Balaban J connectivity index is 2.04. The first kappa shape index (κ1) is 29.4. The van der Waals surface area contributed by atoms with E-state index >= 15 is 0 Å². The lowest BCUT2D eigenvalue weighted by atomic mass is 10.2. The van der Waals surface area contributed by atoms with Gasteiger partial charge in [0.2, 0.25) is 14.9 Å².